The van der Waals surface area contributed by atoms with Crippen LogP contribution >= 0.6 is 11.6 Å². The van der Waals surface area contributed by atoms with Crippen molar-refractivity contribution in [2.24, 2.45) is 0 Å². The molecule has 4 nitrogen and oxygen atoms in total. The zero-order valence-electron chi connectivity index (χ0n) is 13.4. The van der Waals surface area contributed by atoms with Crippen molar-refractivity contribution in [2.45, 2.75) is 24.8 Å². The molecule has 1 atom stereocenters. The van der Waals surface area contributed by atoms with E-state index in [2.05, 4.69) is 16.2 Å². The number of benzene rings is 2. The Kier molecular flexibility index (Phi) is 5.11. The molecule has 1 unspecified atom stereocenters. The molecule has 0 spiro atoms. The van der Waals surface area contributed by atoms with Gasteiger partial charge in [0.25, 0.3) is 0 Å². The van der Waals surface area contributed by atoms with Crippen molar-refractivity contribution in [3.05, 3.63) is 83.2 Å². The highest BCUT2D eigenvalue weighted by Crippen LogP contribution is 2.31. The first-order valence-corrected chi connectivity index (χ1v) is 8.23. The molecule has 0 radical (unpaired) electrons. The third-order valence-corrected chi connectivity index (χ3v) is 4.50. The third-order valence-electron chi connectivity index (χ3n) is 4.24. The van der Waals surface area contributed by atoms with Gasteiger partial charge in [0.05, 0.1) is 12.6 Å². The van der Waals surface area contributed by atoms with Crippen molar-refractivity contribution >= 4 is 11.6 Å². The van der Waals surface area contributed by atoms with E-state index in [0.29, 0.717) is 30.0 Å². The van der Waals surface area contributed by atoms with Gasteiger partial charge in [-0.1, -0.05) is 35.9 Å². The van der Waals surface area contributed by atoms with Gasteiger partial charge in [-0.05, 0) is 48.2 Å². The van der Waals surface area contributed by atoms with Crippen LogP contribution < -0.4 is 0 Å². The second-order valence-electron chi connectivity index (χ2n) is 5.92. The molecule has 2 aromatic carbocycles. The Labute approximate surface area is 150 Å². The number of aromatic nitrogens is 3. The Morgan fingerprint density at radius 2 is 2.00 bits per heavy atom. The lowest BCUT2D eigenvalue weighted by molar-refractivity contribution is 0.400. The molecule has 0 saturated carbocycles. The van der Waals surface area contributed by atoms with Gasteiger partial charge in [-0.25, -0.2) is 9.37 Å². The van der Waals surface area contributed by atoms with Crippen LogP contribution in [0.1, 0.15) is 17.5 Å². The van der Waals surface area contributed by atoms with Crippen molar-refractivity contribution in [3.8, 4) is 6.07 Å². The van der Waals surface area contributed by atoms with Gasteiger partial charge in [-0.2, -0.15) is 10.4 Å². The topological polar surface area (TPSA) is 54.5 Å². The number of aryl methyl sites for hydroxylation is 1. The van der Waals surface area contributed by atoms with E-state index in [1.807, 2.05) is 24.3 Å². The number of hydrogen-bond acceptors (Lipinski definition) is 3. The Balaban J connectivity index is 1.92. The molecule has 0 amide bonds. The van der Waals surface area contributed by atoms with Crippen LogP contribution in [0.15, 0.2) is 61.2 Å². The zero-order valence-corrected chi connectivity index (χ0v) is 14.2. The molecule has 0 aliphatic rings. The van der Waals surface area contributed by atoms with Gasteiger partial charge in [-0.3, -0.25) is 4.68 Å². The average Bonchev–Trinajstić information content (AvgIpc) is 3.13. The van der Waals surface area contributed by atoms with Crippen molar-refractivity contribution in [2.75, 3.05) is 0 Å². The largest absolute Gasteiger partial charge is 0.251 e. The van der Waals surface area contributed by atoms with Crippen molar-refractivity contribution in [1.29, 1.82) is 5.26 Å². The molecule has 0 bridgehead atoms. The molecule has 1 heterocycles. The second-order valence-corrected chi connectivity index (χ2v) is 6.36. The number of nitrogens with zero attached hydrogens (tertiary/aromatic N) is 4. The van der Waals surface area contributed by atoms with E-state index in [4.69, 9.17) is 11.6 Å². The summed E-state index contributed by atoms with van der Waals surface area (Å²) in [5, 5.41) is 14.8. The Morgan fingerprint density at radius 1 is 1.20 bits per heavy atom. The SMILES string of the molecule is N#CC(CCc1ccc(Cl)cc1)(Cn1cncn1)c1cccc(F)c1. The van der Waals surface area contributed by atoms with Gasteiger partial charge in [0.1, 0.15) is 23.9 Å². The van der Waals surface area contributed by atoms with Crippen LogP contribution in [0.2, 0.25) is 5.02 Å². The smallest absolute Gasteiger partial charge is 0.137 e. The average molecular weight is 355 g/mol. The van der Waals surface area contributed by atoms with Crippen LogP contribution in [0, 0.1) is 17.1 Å². The summed E-state index contributed by atoms with van der Waals surface area (Å²) < 4.78 is 15.4. The van der Waals surface area contributed by atoms with Crippen LogP contribution in [0.25, 0.3) is 0 Å². The minimum absolute atomic E-state index is 0.306. The van der Waals surface area contributed by atoms with Gasteiger partial charge < -0.3 is 0 Å². The summed E-state index contributed by atoms with van der Waals surface area (Å²) >= 11 is 5.92. The minimum atomic E-state index is -0.907. The molecule has 0 aliphatic heterocycles. The van der Waals surface area contributed by atoms with Gasteiger partial charge in [0.15, 0.2) is 0 Å². The summed E-state index contributed by atoms with van der Waals surface area (Å²) in [7, 11) is 0. The Bertz CT molecular complexity index is 871. The van der Waals surface area contributed by atoms with E-state index in [9.17, 15) is 9.65 Å². The summed E-state index contributed by atoms with van der Waals surface area (Å²) in [6.07, 6.45) is 4.17. The summed E-state index contributed by atoms with van der Waals surface area (Å²) in [5.41, 5.74) is 0.800. The lowest BCUT2D eigenvalue weighted by Crippen LogP contribution is -2.31. The van der Waals surface area contributed by atoms with Crippen LogP contribution in [-0.2, 0) is 18.4 Å². The van der Waals surface area contributed by atoms with E-state index >= 15 is 0 Å². The van der Waals surface area contributed by atoms with Gasteiger partial charge >= 0.3 is 0 Å². The lowest BCUT2D eigenvalue weighted by atomic mass is 9.77. The highest BCUT2D eigenvalue weighted by molar-refractivity contribution is 6.30. The predicted octanol–water partition coefficient (Wildman–Crippen LogP) is 4.16. The molecular weight excluding hydrogens is 339 g/mol. The maximum absolute atomic E-state index is 13.8. The number of hydrogen-bond donors (Lipinski definition) is 0. The Hall–Kier alpha value is -2.71. The van der Waals surface area contributed by atoms with E-state index in [1.165, 1.54) is 18.5 Å². The van der Waals surface area contributed by atoms with E-state index in [0.717, 1.165) is 5.56 Å². The molecule has 3 aromatic rings. The van der Waals surface area contributed by atoms with Crippen molar-refractivity contribution in [1.82, 2.24) is 14.8 Å². The van der Waals surface area contributed by atoms with Crippen LogP contribution in [0.4, 0.5) is 4.39 Å². The molecule has 0 fully saturated rings. The van der Waals surface area contributed by atoms with Crippen LogP contribution in [0.5, 0.6) is 0 Å². The molecule has 1 aromatic heterocycles. The van der Waals surface area contributed by atoms with Crippen molar-refractivity contribution in [3.63, 3.8) is 0 Å². The van der Waals surface area contributed by atoms with Gasteiger partial charge in [-0.15, -0.1) is 0 Å². The number of halogens is 2. The van der Waals surface area contributed by atoms with Crippen LogP contribution in [-0.4, -0.2) is 14.8 Å². The summed E-state index contributed by atoms with van der Waals surface area (Å²) in [5.74, 6) is -0.359. The maximum Gasteiger partial charge on any atom is 0.137 e. The molecule has 0 aliphatic carbocycles. The monoisotopic (exact) mass is 354 g/mol. The molecule has 3 rings (SSSR count). The molecule has 25 heavy (non-hydrogen) atoms. The number of nitriles is 1. The summed E-state index contributed by atoms with van der Waals surface area (Å²) in [4.78, 5) is 3.93. The highest BCUT2D eigenvalue weighted by Gasteiger charge is 2.33. The quantitative estimate of drug-likeness (QED) is 0.667. The molecule has 126 valence electrons. The maximum atomic E-state index is 13.8. The first kappa shape index (κ1) is 17.1. The normalized spacial score (nSPS) is 13.2. The predicted molar refractivity (Wildman–Crippen MR) is 93.5 cm³/mol. The van der Waals surface area contributed by atoms with Gasteiger partial charge in [0.2, 0.25) is 0 Å². The molecule has 6 heteroatoms. The van der Waals surface area contributed by atoms with E-state index < -0.39 is 5.41 Å². The standard InChI is InChI=1S/C19H16ClFN4/c20-17-6-4-15(5-7-17)8-9-19(11-22,12-25-14-23-13-24-25)16-2-1-3-18(21)10-16/h1-7,10,13-14H,8-9,12H2. The lowest BCUT2D eigenvalue weighted by Gasteiger charge is -2.27. The van der Waals surface area contributed by atoms with E-state index in [-0.39, 0.29) is 5.82 Å². The fourth-order valence-corrected chi connectivity index (χ4v) is 2.98. The third kappa shape index (κ3) is 4.04. The first-order chi connectivity index (χ1) is 12.1. The molecule has 0 N–H and O–H groups in total. The van der Waals surface area contributed by atoms with Gasteiger partial charge in [0, 0.05) is 5.02 Å². The Morgan fingerprint density at radius 3 is 2.64 bits per heavy atom. The summed E-state index contributed by atoms with van der Waals surface area (Å²) in [6, 6.07) is 16.1. The molecule has 0 saturated heterocycles. The van der Waals surface area contributed by atoms with E-state index in [1.54, 1.807) is 23.1 Å². The fraction of sp³-hybridized carbons (Fsp3) is 0.211. The fourth-order valence-electron chi connectivity index (χ4n) is 2.86. The highest BCUT2D eigenvalue weighted by atomic mass is 35.5. The summed E-state index contributed by atoms with van der Waals surface area (Å²) in [6.45, 7) is 0.306. The second kappa shape index (κ2) is 7.45. The van der Waals surface area contributed by atoms with Crippen LogP contribution in [0.3, 0.4) is 0 Å². The first-order valence-electron chi connectivity index (χ1n) is 7.85. The number of rotatable bonds is 6. The minimum Gasteiger partial charge on any atom is -0.251 e. The zero-order chi connectivity index (χ0) is 17.7. The van der Waals surface area contributed by atoms with Crippen molar-refractivity contribution < 1.29 is 4.39 Å². The molecular formula is C19H16ClFN4.